The van der Waals surface area contributed by atoms with Crippen molar-refractivity contribution in [2.75, 3.05) is 0 Å². The number of benzene rings is 1. The number of thiophene rings is 1. The van der Waals surface area contributed by atoms with E-state index in [0.717, 1.165) is 21.6 Å². The van der Waals surface area contributed by atoms with Crippen molar-refractivity contribution >= 4 is 21.6 Å². The molecule has 0 radical (unpaired) electrons. The second-order valence-electron chi connectivity index (χ2n) is 5.54. The van der Waals surface area contributed by atoms with Crippen LogP contribution in [-0.4, -0.2) is 19.7 Å². The Labute approximate surface area is 140 Å². The number of aromatic nitrogens is 4. The van der Waals surface area contributed by atoms with Crippen LogP contribution in [0.2, 0.25) is 0 Å². The molecular formula is C17H13FN4OS. The summed E-state index contributed by atoms with van der Waals surface area (Å²) in [5, 5.41) is 4.64. The first kappa shape index (κ1) is 14.8. The van der Waals surface area contributed by atoms with Crippen LogP contribution < -0.4 is 5.56 Å². The molecule has 0 amide bonds. The first-order valence-electron chi connectivity index (χ1n) is 7.31. The molecule has 0 saturated heterocycles. The van der Waals surface area contributed by atoms with Gasteiger partial charge in [-0.1, -0.05) is 12.1 Å². The molecule has 1 aromatic carbocycles. The Morgan fingerprint density at radius 2 is 1.96 bits per heavy atom. The number of H-pyrrole nitrogens is 1. The van der Waals surface area contributed by atoms with Crippen molar-refractivity contribution in [1.29, 1.82) is 0 Å². The van der Waals surface area contributed by atoms with E-state index < -0.39 is 0 Å². The van der Waals surface area contributed by atoms with Crippen molar-refractivity contribution in [3.8, 4) is 22.5 Å². The van der Waals surface area contributed by atoms with Crippen LogP contribution in [0.1, 0.15) is 4.88 Å². The van der Waals surface area contributed by atoms with Gasteiger partial charge in [0.05, 0.1) is 17.1 Å². The van der Waals surface area contributed by atoms with Gasteiger partial charge in [0.2, 0.25) is 0 Å². The molecule has 1 N–H and O–H groups in total. The molecule has 0 saturated carbocycles. The van der Waals surface area contributed by atoms with E-state index >= 15 is 0 Å². The minimum absolute atomic E-state index is 0.206. The number of nitrogens with zero attached hydrogens (tertiary/aromatic N) is 3. The molecule has 4 aromatic rings. The van der Waals surface area contributed by atoms with Gasteiger partial charge in [0.15, 0.2) is 0 Å². The quantitative estimate of drug-likeness (QED) is 0.607. The third-order valence-corrected chi connectivity index (χ3v) is 4.85. The number of halogens is 1. The molecule has 3 aromatic heterocycles. The molecule has 0 spiro atoms. The Hall–Kier alpha value is -2.80. The highest BCUT2D eigenvalue weighted by atomic mass is 32.1. The van der Waals surface area contributed by atoms with Crippen molar-refractivity contribution in [2.45, 2.75) is 6.92 Å². The summed E-state index contributed by atoms with van der Waals surface area (Å²) in [7, 11) is 1.81. The highest BCUT2D eigenvalue weighted by Crippen LogP contribution is 2.36. The van der Waals surface area contributed by atoms with Crippen LogP contribution in [-0.2, 0) is 7.05 Å². The van der Waals surface area contributed by atoms with E-state index in [4.69, 9.17) is 0 Å². The average Bonchev–Trinajstić information content (AvgIpc) is 3.11. The van der Waals surface area contributed by atoms with E-state index in [0.29, 0.717) is 16.0 Å². The number of aromatic amines is 1. The number of hydrogen-bond acceptors (Lipinski definition) is 4. The molecule has 0 aliphatic heterocycles. The fourth-order valence-electron chi connectivity index (χ4n) is 2.76. The fourth-order valence-corrected chi connectivity index (χ4v) is 3.81. The Morgan fingerprint density at radius 1 is 1.21 bits per heavy atom. The van der Waals surface area contributed by atoms with E-state index in [1.165, 1.54) is 23.5 Å². The van der Waals surface area contributed by atoms with Crippen LogP contribution in [0.15, 0.2) is 41.5 Å². The SMILES string of the molecule is Cc1sc2nc(-c3cnn(C)c3)[nH]c(=O)c2c1-c1ccc(F)cc1. The minimum Gasteiger partial charge on any atom is -0.306 e. The summed E-state index contributed by atoms with van der Waals surface area (Å²) in [4.78, 5) is 21.7. The van der Waals surface area contributed by atoms with Crippen molar-refractivity contribution < 1.29 is 4.39 Å². The number of fused-ring (bicyclic) bond motifs is 1. The average molecular weight is 340 g/mol. The molecule has 0 fully saturated rings. The highest BCUT2D eigenvalue weighted by molar-refractivity contribution is 7.19. The highest BCUT2D eigenvalue weighted by Gasteiger charge is 2.17. The summed E-state index contributed by atoms with van der Waals surface area (Å²) < 4.78 is 14.8. The predicted octanol–water partition coefficient (Wildman–Crippen LogP) is 3.50. The standard InChI is InChI=1S/C17H13FN4OS/c1-9-13(10-3-5-12(18)6-4-10)14-16(23)20-15(21-17(14)24-9)11-7-19-22(2)8-11/h3-8H,1-2H3,(H,20,21,23). The topological polar surface area (TPSA) is 63.6 Å². The van der Waals surface area contributed by atoms with Crippen LogP contribution in [0.25, 0.3) is 32.7 Å². The summed E-state index contributed by atoms with van der Waals surface area (Å²) >= 11 is 1.46. The zero-order valence-corrected chi connectivity index (χ0v) is 13.8. The monoisotopic (exact) mass is 340 g/mol. The summed E-state index contributed by atoms with van der Waals surface area (Å²) in [6.07, 6.45) is 3.46. The van der Waals surface area contributed by atoms with Crippen molar-refractivity contribution in [2.24, 2.45) is 7.05 Å². The number of aryl methyl sites for hydroxylation is 2. The van der Waals surface area contributed by atoms with Crippen LogP contribution in [0.5, 0.6) is 0 Å². The molecule has 0 unspecified atom stereocenters. The molecule has 0 atom stereocenters. The molecule has 0 aliphatic carbocycles. The molecule has 0 bridgehead atoms. The largest absolute Gasteiger partial charge is 0.306 e. The van der Waals surface area contributed by atoms with Gasteiger partial charge in [0.25, 0.3) is 5.56 Å². The zero-order valence-electron chi connectivity index (χ0n) is 13.0. The van der Waals surface area contributed by atoms with Gasteiger partial charge in [-0.15, -0.1) is 11.3 Å². The van der Waals surface area contributed by atoms with Crippen LogP contribution in [0.4, 0.5) is 4.39 Å². The Balaban J connectivity index is 1.96. The van der Waals surface area contributed by atoms with Gasteiger partial charge in [-0.3, -0.25) is 9.48 Å². The lowest BCUT2D eigenvalue weighted by atomic mass is 10.0. The smallest absolute Gasteiger partial charge is 0.260 e. The van der Waals surface area contributed by atoms with Crippen molar-refractivity contribution in [1.82, 2.24) is 19.7 Å². The maximum atomic E-state index is 13.2. The number of rotatable bonds is 2. The first-order chi connectivity index (χ1) is 11.5. The zero-order chi connectivity index (χ0) is 16.8. The molecule has 0 aliphatic rings. The van der Waals surface area contributed by atoms with Crippen LogP contribution in [0, 0.1) is 12.7 Å². The molecule has 3 heterocycles. The minimum atomic E-state index is -0.304. The van der Waals surface area contributed by atoms with Crippen LogP contribution >= 0.6 is 11.3 Å². The third kappa shape index (κ3) is 2.33. The summed E-state index contributed by atoms with van der Waals surface area (Å²) in [5.74, 6) is 0.189. The molecule has 4 rings (SSSR count). The Kier molecular flexibility index (Phi) is 3.31. The van der Waals surface area contributed by atoms with E-state index in [-0.39, 0.29) is 11.4 Å². The molecule has 7 heteroatoms. The molecule has 120 valence electrons. The maximum Gasteiger partial charge on any atom is 0.260 e. The summed E-state index contributed by atoms with van der Waals surface area (Å²) in [6.45, 7) is 1.94. The lowest BCUT2D eigenvalue weighted by Crippen LogP contribution is -2.08. The van der Waals surface area contributed by atoms with Gasteiger partial charge in [-0.05, 0) is 24.6 Å². The first-order valence-corrected chi connectivity index (χ1v) is 8.13. The molecular weight excluding hydrogens is 327 g/mol. The van der Waals surface area contributed by atoms with Gasteiger partial charge in [-0.2, -0.15) is 5.10 Å². The second kappa shape index (κ2) is 5.38. The maximum absolute atomic E-state index is 13.2. The summed E-state index contributed by atoms with van der Waals surface area (Å²) in [6, 6.07) is 6.14. The normalized spacial score (nSPS) is 11.3. The fraction of sp³-hybridized carbons (Fsp3) is 0.118. The Morgan fingerprint density at radius 3 is 2.62 bits per heavy atom. The lowest BCUT2D eigenvalue weighted by Gasteiger charge is -2.02. The van der Waals surface area contributed by atoms with E-state index in [1.54, 1.807) is 29.2 Å². The third-order valence-electron chi connectivity index (χ3n) is 3.85. The molecule has 24 heavy (non-hydrogen) atoms. The summed E-state index contributed by atoms with van der Waals surface area (Å²) in [5.41, 5.74) is 2.16. The van der Waals surface area contributed by atoms with E-state index in [1.807, 2.05) is 14.0 Å². The Bertz CT molecular complexity index is 1110. The van der Waals surface area contributed by atoms with E-state index in [9.17, 15) is 9.18 Å². The lowest BCUT2D eigenvalue weighted by molar-refractivity contribution is 0.628. The molecule has 5 nitrogen and oxygen atoms in total. The van der Waals surface area contributed by atoms with Gasteiger partial charge >= 0.3 is 0 Å². The van der Waals surface area contributed by atoms with Crippen molar-refractivity contribution in [3.05, 3.63) is 57.7 Å². The van der Waals surface area contributed by atoms with Gasteiger partial charge in [0, 0.05) is 23.7 Å². The van der Waals surface area contributed by atoms with Crippen LogP contribution in [0.3, 0.4) is 0 Å². The number of hydrogen-bond donors (Lipinski definition) is 1. The van der Waals surface area contributed by atoms with Crippen molar-refractivity contribution in [3.63, 3.8) is 0 Å². The second-order valence-corrected chi connectivity index (χ2v) is 6.74. The predicted molar refractivity (Wildman–Crippen MR) is 92.6 cm³/mol. The van der Waals surface area contributed by atoms with Gasteiger partial charge in [0.1, 0.15) is 16.5 Å². The number of nitrogens with one attached hydrogen (secondary N) is 1. The van der Waals surface area contributed by atoms with Gasteiger partial charge in [-0.25, -0.2) is 9.37 Å². The van der Waals surface area contributed by atoms with Gasteiger partial charge < -0.3 is 4.98 Å². The van der Waals surface area contributed by atoms with E-state index in [2.05, 4.69) is 15.1 Å².